The Bertz CT molecular complexity index is 579. The normalized spacial score (nSPS) is 28.0. The third-order valence-electron chi connectivity index (χ3n) is 5.94. The van der Waals surface area contributed by atoms with Crippen molar-refractivity contribution in [3.05, 3.63) is 30.1 Å². The molecule has 0 bridgehead atoms. The van der Waals surface area contributed by atoms with Crippen LogP contribution in [0.25, 0.3) is 0 Å². The molecule has 1 N–H and O–H groups in total. The molecule has 1 amide bonds. The molecular formula is C19H28Cl2FN3O. The van der Waals surface area contributed by atoms with Gasteiger partial charge >= 0.3 is 0 Å². The number of carbonyl (C=O) groups is 1. The van der Waals surface area contributed by atoms with Crippen LogP contribution in [-0.4, -0.2) is 49.1 Å². The van der Waals surface area contributed by atoms with Gasteiger partial charge in [0, 0.05) is 37.9 Å². The van der Waals surface area contributed by atoms with Gasteiger partial charge in [-0.2, -0.15) is 0 Å². The maximum Gasteiger partial charge on any atom is 0.239 e. The number of hydrogen-bond acceptors (Lipinski definition) is 3. The second kappa shape index (κ2) is 9.25. The summed E-state index contributed by atoms with van der Waals surface area (Å²) in [5.74, 6) is 0.776. The molecule has 3 aliphatic rings. The molecule has 2 aliphatic heterocycles. The van der Waals surface area contributed by atoms with E-state index >= 15 is 0 Å². The zero-order chi connectivity index (χ0) is 16.5. The second-order valence-corrected chi connectivity index (χ2v) is 7.39. The highest BCUT2D eigenvalue weighted by molar-refractivity contribution is 5.85. The van der Waals surface area contributed by atoms with E-state index < -0.39 is 0 Å². The Morgan fingerprint density at radius 3 is 2.31 bits per heavy atom. The summed E-state index contributed by atoms with van der Waals surface area (Å²) in [6, 6.07) is 7.21. The van der Waals surface area contributed by atoms with Crippen molar-refractivity contribution < 1.29 is 9.18 Å². The number of halogens is 3. The molecule has 1 aromatic carbocycles. The average Bonchev–Trinajstić information content (AvgIpc) is 3.06. The monoisotopic (exact) mass is 403 g/mol. The lowest BCUT2D eigenvalue weighted by molar-refractivity contribution is -0.133. The minimum absolute atomic E-state index is 0. The number of rotatable bonds is 2. The third-order valence-corrected chi connectivity index (χ3v) is 5.94. The lowest BCUT2D eigenvalue weighted by atomic mass is 9.85. The fourth-order valence-corrected chi connectivity index (χ4v) is 4.57. The molecule has 1 aliphatic carbocycles. The summed E-state index contributed by atoms with van der Waals surface area (Å²) >= 11 is 0. The van der Waals surface area contributed by atoms with Gasteiger partial charge in [-0.1, -0.05) is 12.8 Å². The molecule has 3 atom stereocenters. The van der Waals surface area contributed by atoms with Crippen molar-refractivity contribution in [1.29, 1.82) is 0 Å². The Labute approximate surface area is 167 Å². The summed E-state index contributed by atoms with van der Waals surface area (Å²) < 4.78 is 13.0. The molecule has 4 nitrogen and oxygen atoms in total. The van der Waals surface area contributed by atoms with Crippen molar-refractivity contribution in [2.45, 2.75) is 44.2 Å². The number of piperazine rings is 1. The van der Waals surface area contributed by atoms with Gasteiger partial charge in [-0.05, 0) is 49.4 Å². The topological polar surface area (TPSA) is 35.6 Å². The molecule has 1 saturated carbocycles. The number of anilines is 1. The van der Waals surface area contributed by atoms with Crippen molar-refractivity contribution in [3.8, 4) is 0 Å². The van der Waals surface area contributed by atoms with Crippen LogP contribution < -0.4 is 10.2 Å². The minimum atomic E-state index is -0.207. The quantitative estimate of drug-likeness (QED) is 0.822. The fourth-order valence-electron chi connectivity index (χ4n) is 4.57. The number of amides is 1. The smallest absolute Gasteiger partial charge is 0.239 e. The standard InChI is InChI=1S/C19H26FN3O.2ClH/c20-15-5-7-16(8-6-15)22-9-11-23(12-10-22)19(24)18-13-14-3-1-2-4-17(14)21-18;;/h5-8,14,17-18,21H,1-4,9-13H2;2*1H. The predicted molar refractivity (Wildman–Crippen MR) is 107 cm³/mol. The van der Waals surface area contributed by atoms with Crippen molar-refractivity contribution in [2.75, 3.05) is 31.1 Å². The highest BCUT2D eigenvalue weighted by Gasteiger charge is 2.40. The summed E-state index contributed by atoms with van der Waals surface area (Å²) in [6.07, 6.45) is 6.14. The number of benzene rings is 1. The Morgan fingerprint density at radius 1 is 1.00 bits per heavy atom. The summed E-state index contributed by atoms with van der Waals surface area (Å²) in [4.78, 5) is 17.1. The molecule has 4 rings (SSSR count). The number of hydrogen-bond donors (Lipinski definition) is 1. The molecule has 2 heterocycles. The zero-order valence-corrected chi connectivity index (χ0v) is 16.5. The van der Waals surface area contributed by atoms with Gasteiger partial charge in [-0.15, -0.1) is 24.8 Å². The van der Waals surface area contributed by atoms with Crippen LogP contribution in [0, 0.1) is 11.7 Å². The average molecular weight is 404 g/mol. The first-order valence-electron chi connectivity index (χ1n) is 9.26. The first-order chi connectivity index (χ1) is 11.7. The van der Waals surface area contributed by atoms with Crippen LogP contribution in [-0.2, 0) is 4.79 Å². The van der Waals surface area contributed by atoms with Gasteiger partial charge in [0.05, 0.1) is 6.04 Å². The lowest BCUT2D eigenvalue weighted by Crippen LogP contribution is -2.53. The van der Waals surface area contributed by atoms with Gasteiger partial charge < -0.3 is 15.1 Å². The molecule has 3 unspecified atom stereocenters. The fraction of sp³-hybridized carbons (Fsp3) is 0.632. The predicted octanol–water partition coefficient (Wildman–Crippen LogP) is 3.24. The number of nitrogens with zero attached hydrogens (tertiary/aromatic N) is 2. The maximum absolute atomic E-state index is 13.0. The summed E-state index contributed by atoms with van der Waals surface area (Å²) in [6.45, 7) is 3.14. The van der Waals surface area contributed by atoms with E-state index in [-0.39, 0.29) is 42.6 Å². The van der Waals surface area contributed by atoms with Crippen LogP contribution >= 0.6 is 24.8 Å². The van der Waals surface area contributed by atoms with Crippen LogP contribution in [0.15, 0.2) is 24.3 Å². The van der Waals surface area contributed by atoms with E-state index in [1.165, 1.54) is 37.8 Å². The van der Waals surface area contributed by atoms with Crippen LogP contribution in [0.3, 0.4) is 0 Å². The molecule has 26 heavy (non-hydrogen) atoms. The molecule has 7 heteroatoms. The van der Waals surface area contributed by atoms with Crippen LogP contribution in [0.1, 0.15) is 32.1 Å². The van der Waals surface area contributed by atoms with Gasteiger partial charge in [0.2, 0.25) is 5.91 Å². The molecule has 0 aromatic heterocycles. The summed E-state index contributed by atoms with van der Waals surface area (Å²) in [5.41, 5.74) is 1.04. The SMILES string of the molecule is Cl.Cl.O=C(C1CC2CCCCC2N1)N1CCN(c2ccc(F)cc2)CC1. The Hall–Kier alpha value is -1.04. The summed E-state index contributed by atoms with van der Waals surface area (Å²) in [7, 11) is 0. The zero-order valence-electron chi connectivity index (χ0n) is 14.9. The van der Waals surface area contributed by atoms with Gasteiger partial charge in [-0.25, -0.2) is 4.39 Å². The highest BCUT2D eigenvalue weighted by atomic mass is 35.5. The highest BCUT2D eigenvalue weighted by Crippen LogP contribution is 2.33. The van der Waals surface area contributed by atoms with Crippen molar-refractivity contribution in [1.82, 2.24) is 10.2 Å². The molecule has 2 saturated heterocycles. The number of carbonyl (C=O) groups excluding carboxylic acids is 1. The largest absolute Gasteiger partial charge is 0.368 e. The van der Waals surface area contributed by atoms with Gasteiger partial charge in [-0.3, -0.25) is 4.79 Å². The molecule has 146 valence electrons. The first-order valence-corrected chi connectivity index (χ1v) is 9.26. The summed E-state index contributed by atoms with van der Waals surface area (Å²) in [5, 5.41) is 3.59. The number of nitrogens with one attached hydrogen (secondary N) is 1. The Morgan fingerprint density at radius 2 is 1.65 bits per heavy atom. The lowest BCUT2D eigenvalue weighted by Gasteiger charge is -2.37. The van der Waals surface area contributed by atoms with Crippen molar-refractivity contribution in [2.24, 2.45) is 5.92 Å². The van der Waals surface area contributed by atoms with E-state index in [4.69, 9.17) is 0 Å². The van der Waals surface area contributed by atoms with E-state index in [0.29, 0.717) is 12.0 Å². The van der Waals surface area contributed by atoms with Crippen molar-refractivity contribution in [3.63, 3.8) is 0 Å². The molecular weight excluding hydrogens is 376 g/mol. The molecule has 3 fully saturated rings. The molecule has 1 aromatic rings. The first kappa shape index (κ1) is 21.3. The third kappa shape index (κ3) is 4.44. The second-order valence-electron chi connectivity index (χ2n) is 7.39. The van der Waals surface area contributed by atoms with E-state index in [1.807, 2.05) is 17.0 Å². The van der Waals surface area contributed by atoms with E-state index in [0.717, 1.165) is 38.3 Å². The van der Waals surface area contributed by atoms with E-state index in [2.05, 4.69) is 10.2 Å². The molecule has 0 radical (unpaired) electrons. The molecule has 0 spiro atoms. The van der Waals surface area contributed by atoms with Gasteiger partial charge in [0.1, 0.15) is 5.82 Å². The van der Waals surface area contributed by atoms with E-state index in [9.17, 15) is 9.18 Å². The maximum atomic E-state index is 13.0. The van der Waals surface area contributed by atoms with E-state index in [1.54, 1.807) is 0 Å². The number of fused-ring (bicyclic) bond motifs is 1. The van der Waals surface area contributed by atoms with Crippen molar-refractivity contribution >= 4 is 36.4 Å². The van der Waals surface area contributed by atoms with Crippen LogP contribution in [0.4, 0.5) is 10.1 Å². The van der Waals surface area contributed by atoms with Gasteiger partial charge in [0.25, 0.3) is 0 Å². The van der Waals surface area contributed by atoms with Gasteiger partial charge in [0.15, 0.2) is 0 Å². The Balaban J connectivity index is 0.00000121. The minimum Gasteiger partial charge on any atom is -0.368 e. The van der Waals surface area contributed by atoms with Crippen LogP contribution in [0.5, 0.6) is 0 Å². The van der Waals surface area contributed by atoms with Crippen LogP contribution in [0.2, 0.25) is 0 Å². The Kier molecular flexibility index (Phi) is 7.56.